The maximum atomic E-state index is 11.7. The number of primary amides is 1. The third-order valence-corrected chi connectivity index (χ3v) is 4.39. The van der Waals surface area contributed by atoms with Gasteiger partial charge in [0, 0.05) is 28.0 Å². The highest BCUT2D eigenvalue weighted by atomic mass is 35.5. The highest BCUT2D eigenvalue weighted by Gasteiger charge is 2.24. The van der Waals surface area contributed by atoms with Crippen molar-refractivity contribution in [3.05, 3.63) is 35.0 Å². The molecule has 0 bridgehead atoms. The lowest BCUT2D eigenvalue weighted by Gasteiger charge is -2.29. The molecule has 106 valence electrons. The van der Waals surface area contributed by atoms with Crippen molar-refractivity contribution in [1.82, 2.24) is 4.57 Å². The summed E-state index contributed by atoms with van der Waals surface area (Å²) in [7, 11) is 0. The molecule has 0 aliphatic heterocycles. The number of halogens is 1. The summed E-state index contributed by atoms with van der Waals surface area (Å²) in [5.74, 6) is -0.396. The van der Waals surface area contributed by atoms with E-state index in [2.05, 4.69) is 4.57 Å². The first-order chi connectivity index (χ1) is 9.56. The van der Waals surface area contributed by atoms with Crippen LogP contribution in [-0.2, 0) is 0 Å². The van der Waals surface area contributed by atoms with E-state index in [1.165, 1.54) is 0 Å². The molecule has 1 aromatic carbocycles. The van der Waals surface area contributed by atoms with Crippen LogP contribution in [-0.4, -0.2) is 16.5 Å². The van der Waals surface area contributed by atoms with Crippen LogP contribution in [0.25, 0.3) is 10.9 Å². The van der Waals surface area contributed by atoms with E-state index in [4.69, 9.17) is 23.1 Å². The van der Waals surface area contributed by atoms with Crippen LogP contribution in [0.1, 0.15) is 42.2 Å². The average molecular weight is 292 g/mol. The van der Waals surface area contributed by atoms with Gasteiger partial charge in [-0.05, 0) is 49.9 Å². The Morgan fingerprint density at radius 1 is 1.20 bits per heavy atom. The third kappa shape index (κ3) is 2.30. The van der Waals surface area contributed by atoms with Gasteiger partial charge in [-0.15, -0.1) is 0 Å². The minimum atomic E-state index is -0.396. The monoisotopic (exact) mass is 291 g/mol. The standard InChI is InChI=1S/C15H18ClN3O/c16-10-1-6-13-9(7-10)8-14(15(18)20)19(13)12-4-2-11(17)3-5-12/h1,6-8,11-12H,2-5,17H2,(H2,18,20). The number of amides is 1. The Balaban J connectivity index is 2.11. The molecule has 1 aromatic heterocycles. The number of aromatic nitrogens is 1. The van der Waals surface area contributed by atoms with E-state index in [-0.39, 0.29) is 12.1 Å². The molecule has 0 unspecified atom stereocenters. The first-order valence-electron chi connectivity index (χ1n) is 6.92. The van der Waals surface area contributed by atoms with Crippen LogP contribution in [0.4, 0.5) is 0 Å². The van der Waals surface area contributed by atoms with E-state index in [9.17, 15) is 4.79 Å². The molecule has 0 radical (unpaired) electrons. The van der Waals surface area contributed by atoms with E-state index in [0.29, 0.717) is 10.7 Å². The minimum absolute atomic E-state index is 0.277. The molecule has 3 rings (SSSR count). The van der Waals surface area contributed by atoms with Gasteiger partial charge in [0.25, 0.3) is 5.91 Å². The topological polar surface area (TPSA) is 74.0 Å². The fourth-order valence-electron chi connectivity index (χ4n) is 3.15. The second-order valence-corrected chi connectivity index (χ2v) is 5.97. The molecule has 20 heavy (non-hydrogen) atoms. The van der Waals surface area contributed by atoms with Crippen LogP contribution < -0.4 is 11.5 Å². The number of hydrogen-bond donors (Lipinski definition) is 2. The van der Waals surface area contributed by atoms with Gasteiger partial charge in [0.2, 0.25) is 0 Å². The number of hydrogen-bond acceptors (Lipinski definition) is 2. The lowest BCUT2D eigenvalue weighted by molar-refractivity contribution is 0.0988. The van der Waals surface area contributed by atoms with E-state index in [1.807, 2.05) is 24.3 Å². The third-order valence-electron chi connectivity index (χ3n) is 4.16. The van der Waals surface area contributed by atoms with E-state index < -0.39 is 5.91 Å². The van der Waals surface area contributed by atoms with E-state index in [1.54, 1.807) is 0 Å². The SMILES string of the molecule is NC(=O)c1cc2cc(Cl)ccc2n1C1CCC(N)CC1. The van der Waals surface area contributed by atoms with Crippen molar-refractivity contribution in [3.63, 3.8) is 0 Å². The maximum Gasteiger partial charge on any atom is 0.265 e. The zero-order chi connectivity index (χ0) is 14.3. The lowest BCUT2D eigenvalue weighted by atomic mass is 9.91. The molecule has 1 heterocycles. The Morgan fingerprint density at radius 2 is 1.90 bits per heavy atom. The van der Waals surface area contributed by atoms with E-state index in [0.717, 1.165) is 36.6 Å². The highest BCUT2D eigenvalue weighted by molar-refractivity contribution is 6.31. The molecule has 1 aliphatic rings. The summed E-state index contributed by atoms with van der Waals surface area (Å²) in [5.41, 5.74) is 13.1. The van der Waals surface area contributed by atoms with Gasteiger partial charge in [0.05, 0.1) is 0 Å². The minimum Gasteiger partial charge on any atom is -0.364 e. The van der Waals surface area contributed by atoms with Crippen LogP contribution in [0.2, 0.25) is 5.02 Å². The normalized spacial score (nSPS) is 23.1. The van der Waals surface area contributed by atoms with Gasteiger partial charge in [-0.1, -0.05) is 11.6 Å². The summed E-state index contributed by atoms with van der Waals surface area (Å²) >= 11 is 6.02. The van der Waals surface area contributed by atoms with Gasteiger partial charge in [-0.25, -0.2) is 0 Å². The van der Waals surface area contributed by atoms with E-state index >= 15 is 0 Å². The molecule has 4 nitrogen and oxygen atoms in total. The summed E-state index contributed by atoms with van der Waals surface area (Å²) in [5, 5.41) is 1.62. The highest BCUT2D eigenvalue weighted by Crippen LogP contribution is 2.34. The van der Waals surface area contributed by atoms with Crippen molar-refractivity contribution in [2.75, 3.05) is 0 Å². The first-order valence-corrected chi connectivity index (χ1v) is 7.30. The number of carbonyl (C=O) groups is 1. The number of benzene rings is 1. The summed E-state index contributed by atoms with van der Waals surface area (Å²) < 4.78 is 2.07. The summed E-state index contributed by atoms with van der Waals surface area (Å²) in [4.78, 5) is 11.7. The predicted octanol–water partition coefficient (Wildman–Crippen LogP) is 2.84. The number of nitrogens with two attached hydrogens (primary N) is 2. The predicted molar refractivity (Wildman–Crippen MR) is 80.9 cm³/mol. The van der Waals surface area contributed by atoms with Crippen molar-refractivity contribution < 1.29 is 4.79 Å². The van der Waals surface area contributed by atoms with Crippen LogP contribution in [0.15, 0.2) is 24.3 Å². The maximum absolute atomic E-state index is 11.7. The number of nitrogens with zero attached hydrogens (tertiary/aromatic N) is 1. The Labute approximate surface area is 122 Å². The quantitative estimate of drug-likeness (QED) is 0.893. The Hall–Kier alpha value is -1.52. The Kier molecular flexibility index (Phi) is 3.44. The molecule has 1 fully saturated rings. The zero-order valence-corrected chi connectivity index (χ0v) is 11.9. The zero-order valence-electron chi connectivity index (χ0n) is 11.2. The van der Waals surface area contributed by atoms with Crippen LogP contribution in [0, 0.1) is 0 Å². The second-order valence-electron chi connectivity index (χ2n) is 5.54. The molecule has 5 heteroatoms. The number of fused-ring (bicyclic) bond motifs is 1. The van der Waals surface area contributed by atoms with Gasteiger partial charge in [0.1, 0.15) is 5.69 Å². The van der Waals surface area contributed by atoms with Crippen LogP contribution in [0.3, 0.4) is 0 Å². The second kappa shape index (κ2) is 5.11. The van der Waals surface area contributed by atoms with Gasteiger partial charge < -0.3 is 16.0 Å². The molecule has 1 amide bonds. The molecular formula is C15H18ClN3O. The lowest BCUT2D eigenvalue weighted by Crippen LogP contribution is -2.29. The van der Waals surface area contributed by atoms with Crippen LogP contribution >= 0.6 is 11.6 Å². The summed E-state index contributed by atoms with van der Waals surface area (Å²) in [6, 6.07) is 8.07. The number of rotatable bonds is 2. The average Bonchev–Trinajstić information content (AvgIpc) is 2.78. The van der Waals surface area contributed by atoms with Crippen molar-refractivity contribution in [3.8, 4) is 0 Å². The Morgan fingerprint density at radius 3 is 2.55 bits per heavy atom. The molecule has 4 N–H and O–H groups in total. The molecule has 2 aromatic rings. The first kappa shape index (κ1) is 13.5. The molecule has 0 spiro atoms. The van der Waals surface area contributed by atoms with Gasteiger partial charge >= 0.3 is 0 Å². The van der Waals surface area contributed by atoms with Crippen molar-refractivity contribution in [2.45, 2.75) is 37.8 Å². The molecular weight excluding hydrogens is 274 g/mol. The van der Waals surface area contributed by atoms with Crippen molar-refractivity contribution in [1.29, 1.82) is 0 Å². The smallest absolute Gasteiger partial charge is 0.265 e. The molecule has 1 aliphatic carbocycles. The summed E-state index contributed by atoms with van der Waals surface area (Å²) in [6.07, 6.45) is 3.92. The number of carbonyl (C=O) groups excluding carboxylic acids is 1. The fraction of sp³-hybridized carbons (Fsp3) is 0.400. The largest absolute Gasteiger partial charge is 0.364 e. The fourth-order valence-corrected chi connectivity index (χ4v) is 3.33. The summed E-state index contributed by atoms with van der Waals surface area (Å²) in [6.45, 7) is 0. The molecule has 0 atom stereocenters. The van der Waals surface area contributed by atoms with Gasteiger partial charge in [-0.2, -0.15) is 0 Å². The van der Waals surface area contributed by atoms with Gasteiger partial charge in [-0.3, -0.25) is 4.79 Å². The van der Waals surface area contributed by atoms with Crippen LogP contribution in [0.5, 0.6) is 0 Å². The van der Waals surface area contributed by atoms with Gasteiger partial charge in [0.15, 0.2) is 0 Å². The van der Waals surface area contributed by atoms with Crippen molar-refractivity contribution >= 4 is 28.4 Å². The Bertz CT molecular complexity index is 656. The molecule has 1 saturated carbocycles. The van der Waals surface area contributed by atoms with Crippen molar-refractivity contribution in [2.24, 2.45) is 11.5 Å². The molecule has 0 saturated heterocycles.